The summed E-state index contributed by atoms with van der Waals surface area (Å²) in [4.78, 5) is 24.4. The third-order valence-corrected chi connectivity index (χ3v) is 8.44. The number of carbonyl (C=O) groups is 1. The molecule has 0 bridgehead atoms. The summed E-state index contributed by atoms with van der Waals surface area (Å²) in [6.07, 6.45) is -3.94. The number of esters is 1. The smallest absolute Gasteiger partial charge is 0.323 e. The number of nitrogen functional groups attached to an aromatic ring is 2. The van der Waals surface area contributed by atoms with E-state index in [-0.39, 0.29) is 29.0 Å². The first-order chi connectivity index (χ1) is 18.3. The number of nitrogens with zero attached hydrogens (tertiary/aromatic N) is 4. The number of alkyl halides is 2. The number of rotatable bonds is 10. The van der Waals surface area contributed by atoms with E-state index in [0.717, 1.165) is 4.57 Å². The first-order valence-electron chi connectivity index (χ1n) is 11.7. The Morgan fingerprint density at radius 2 is 2.03 bits per heavy atom. The van der Waals surface area contributed by atoms with Crippen LogP contribution < -0.4 is 21.1 Å². The van der Waals surface area contributed by atoms with Gasteiger partial charge in [-0.25, -0.2) is 14.5 Å². The van der Waals surface area contributed by atoms with E-state index in [1.54, 1.807) is 44.2 Å². The molecule has 0 aliphatic carbocycles. The highest BCUT2D eigenvalue weighted by molar-refractivity contribution is 8.09. The van der Waals surface area contributed by atoms with E-state index in [1.165, 1.54) is 13.3 Å². The van der Waals surface area contributed by atoms with Crippen LogP contribution in [-0.2, 0) is 30.6 Å². The lowest BCUT2D eigenvalue weighted by atomic mass is 10.1. The minimum atomic E-state index is -3.49. The maximum absolute atomic E-state index is 15.7. The van der Waals surface area contributed by atoms with Crippen molar-refractivity contribution in [2.45, 2.75) is 56.5 Å². The number of halogens is 2. The number of imidazole rings is 1. The van der Waals surface area contributed by atoms with Gasteiger partial charge in [0.25, 0.3) is 5.13 Å². The Balaban J connectivity index is 1.55. The highest BCUT2D eigenvalue weighted by Gasteiger charge is 2.58. The molecule has 0 radical (unpaired) electrons. The van der Waals surface area contributed by atoms with Crippen LogP contribution in [0.5, 0.6) is 5.75 Å². The fourth-order valence-electron chi connectivity index (χ4n) is 3.74. The van der Waals surface area contributed by atoms with Gasteiger partial charge in [0.1, 0.15) is 29.5 Å². The molecular formula is C22H28ClFN7O6PS. The summed E-state index contributed by atoms with van der Waals surface area (Å²) in [6, 6.07) is 7.62. The average Bonchev–Trinajstić information content (AvgIpc) is 3.36. The van der Waals surface area contributed by atoms with Gasteiger partial charge >= 0.3 is 12.6 Å². The van der Waals surface area contributed by atoms with Crippen molar-refractivity contribution < 1.29 is 32.8 Å². The molecule has 39 heavy (non-hydrogen) atoms. The fraction of sp³-hybridized carbons (Fsp3) is 0.455. The first kappa shape index (κ1) is 29.3. The van der Waals surface area contributed by atoms with Crippen LogP contribution in [0.2, 0.25) is 0 Å². The van der Waals surface area contributed by atoms with E-state index in [9.17, 15) is 9.90 Å². The molecule has 2 aromatic heterocycles. The normalized spacial score (nSPS) is 25.5. The maximum atomic E-state index is 15.7. The highest BCUT2D eigenvalue weighted by atomic mass is 35.5. The number of aliphatic hydroxyl groups excluding tert-OH is 1. The molecule has 0 unspecified atom stereocenters. The van der Waals surface area contributed by atoms with Crippen LogP contribution in [0.1, 0.15) is 27.0 Å². The molecule has 6 atom stereocenters. The topological polar surface area (TPSA) is 182 Å². The molecule has 1 aliphatic heterocycles. The molecule has 17 heteroatoms. The Labute approximate surface area is 233 Å². The molecule has 3 aromatic rings. The minimum absolute atomic E-state index is 0.0244. The number of para-hydroxylation sites is 1. The predicted molar refractivity (Wildman–Crippen MR) is 145 cm³/mol. The SMILES string of the molecule is CC(C)OC(=O)[C@H](C)N[P@](=S)(OC[C@H]1O[C@@H](n2cnc3c(N)nc(N)nc32)[C@](F)(Cl)[C@@H]1O)Oc1ccccc1. The molecule has 1 aliphatic rings. The van der Waals surface area contributed by atoms with Gasteiger partial charge < -0.3 is 35.1 Å². The fourth-order valence-corrected chi connectivity index (χ4v) is 6.45. The molecule has 1 fully saturated rings. The standard InChI is InChI=1S/C22H28ClFN7O6PS/c1-11(2)35-19(33)12(3)30-38(39,37-13-7-5-4-6-8-13)34-9-14-16(32)22(23,24)20(36-14)31-10-27-15-17(25)28-21(26)29-18(15)31/h4-8,10-12,14,16,20,32H,9H2,1-3H3,(H,30,39)(H4,25,26,28,29)/t12-,14+,16+,20+,22-,38-/m0/s1. The second kappa shape index (κ2) is 11.5. The van der Waals surface area contributed by atoms with Gasteiger partial charge in [-0.3, -0.25) is 9.36 Å². The molecule has 3 heterocycles. The maximum Gasteiger partial charge on any atom is 0.323 e. The van der Waals surface area contributed by atoms with Crippen molar-refractivity contribution in [2.75, 3.05) is 18.1 Å². The van der Waals surface area contributed by atoms with Crippen LogP contribution in [0.15, 0.2) is 36.7 Å². The summed E-state index contributed by atoms with van der Waals surface area (Å²) >= 11 is 11.8. The van der Waals surface area contributed by atoms with Gasteiger partial charge in [-0.1, -0.05) is 29.8 Å². The van der Waals surface area contributed by atoms with Crippen LogP contribution >= 0.6 is 18.2 Å². The summed E-state index contributed by atoms with van der Waals surface area (Å²) in [7, 11) is 0. The van der Waals surface area contributed by atoms with Gasteiger partial charge in [0.05, 0.1) is 19.0 Å². The number of fused-ring (bicyclic) bond motifs is 1. The molecule has 0 amide bonds. The van der Waals surface area contributed by atoms with E-state index in [0.29, 0.717) is 5.75 Å². The molecule has 4 rings (SSSR count). The third kappa shape index (κ3) is 6.40. The van der Waals surface area contributed by atoms with Crippen molar-refractivity contribution in [1.29, 1.82) is 0 Å². The van der Waals surface area contributed by atoms with Gasteiger partial charge in [-0.2, -0.15) is 9.97 Å². The molecule has 0 spiro atoms. The number of hydrogen-bond donors (Lipinski definition) is 4. The van der Waals surface area contributed by atoms with E-state index < -0.39 is 48.8 Å². The zero-order valence-corrected chi connectivity index (χ0v) is 23.6. The van der Waals surface area contributed by atoms with Crippen LogP contribution in [0, 0.1) is 0 Å². The molecule has 6 N–H and O–H groups in total. The van der Waals surface area contributed by atoms with Crippen LogP contribution in [0.4, 0.5) is 16.2 Å². The zero-order valence-electron chi connectivity index (χ0n) is 21.1. The minimum Gasteiger partial charge on any atom is -0.462 e. The molecule has 212 valence electrons. The van der Waals surface area contributed by atoms with Crippen molar-refractivity contribution >= 4 is 58.9 Å². The Morgan fingerprint density at radius 3 is 2.69 bits per heavy atom. The van der Waals surface area contributed by atoms with Gasteiger partial charge in [-0.15, -0.1) is 0 Å². The second-order valence-corrected chi connectivity index (χ2v) is 12.7. The number of carbonyl (C=O) groups excluding carboxylic acids is 1. The average molecular weight is 604 g/mol. The first-order valence-corrected chi connectivity index (χ1v) is 14.8. The molecule has 13 nitrogen and oxygen atoms in total. The zero-order chi connectivity index (χ0) is 28.5. The lowest BCUT2D eigenvalue weighted by molar-refractivity contribution is -0.149. The monoisotopic (exact) mass is 603 g/mol. The molecular weight excluding hydrogens is 576 g/mol. The number of aliphatic hydroxyl groups is 1. The Bertz CT molecular complexity index is 1380. The molecule has 0 saturated carbocycles. The van der Waals surface area contributed by atoms with Gasteiger partial charge in [-0.05, 0) is 44.7 Å². The van der Waals surface area contributed by atoms with Crippen molar-refractivity contribution in [3.63, 3.8) is 0 Å². The Morgan fingerprint density at radius 1 is 1.33 bits per heavy atom. The van der Waals surface area contributed by atoms with Gasteiger partial charge in [0.15, 0.2) is 17.7 Å². The third-order valence-electron chi connectivity index (χ3n) is 5.53. The number of nitrogens with one attached hydrogen (secondary N) is 1. The number of aromatic nitrogens is 4. The summed E-state index contributed by atoms with van der Waals surface area (Å²) < 4.78 is 39.6. The van der Waals surface area contributed by atoms with Crippen molar-refractivity contribution in [3.8, 4) is 5.75 Å². The second-order valence-electron chi connectivity index (χ2n) is 8.97. The van der Waals surface area contributed by atoms with E-state index >= 15 is 4.39 Å². The molecule has 1 aromatic carbocycles. The highest BCUT2D eigenvalue weighted by Crippen LogP contribution is 2.49. The Hall–Kier alpha value is -2.65. The van der Waals surface area contributed by atoms with Gasteiger partial charge in [0, 0.05) is 0 Å². The largest absolute Gasteiger partial charge is 0.462 e. The number of ether oxygens (including phenoxy) is 2. The Kier molecular flexibility index (Phi) is 8.61. The van der Waals surface area contributed by atoms with Gasteiger partial charge in [0.2, 0.25) is 5.95 Å². The number of anilines is 2. The summed E-state index contributed by atoms with van der Waals surface area (Å²) in [5, 5.41) is 10.8. The number of nitrogens with two attached hydrogens (primary N) is 2. The quantitative estimate of drug-likeness (QED) is 0.151. The van der Waals surface area contributed by atoms with Crippen LogP contribution in [0.3, 0.4) is 0 Å². The van der Waals surface area contributed by atoms with E-state index in [4.69, 9.17) is 53.4 Å². The lowest BCUT2D eigenvalue weighted by Gasteiger charge is -2.28. The predicted octanol–water partition coefficient (Wildman–Crippen LogP) is 2.40. The van der Waals surface area contributed by atoms with Crippen molar-refractivity contribution in [3.05, 3.63) is 36.7 Å². The number of benzene rings is 1. The lowest BCUT2D eigenvalue weighted by Crippen LogP contribution is -2.40. The number of hydrogen-bond acceptors (Lipinski definition) is 12. The van der Waals surface area contributed by atoms with Crippen LogP contribution in [0.25, 0.3) is 11.2 Å². The summed E-state index contributed by atoms with van der Waals surface area (Å²) in [5.41, 5.74) is 11.7. The van der Waals surface area contributed by atoms with Crippen molar-refractivity contribution in [2.24, 2.45) is 0 Å². The summed E-state index contributed by atoms with van der Waals surface area (Å²) in [5.74, 6) is -0.411. The van der Waals surface area contributed by atoms with E-state index in [2.05, 4.69) is 20.0 Å². The van der Waals surface area contributed by atoms with E-state index in [1.807, 2.05) is 0 Å². The van der Waals surface area contributed by atoms with Crippen LogP contribution in [-0.4, -0.2) is 66.7 Å². The summed E-state index contributed by atoms with van der Waals surface area (Å²) in [6.45, 7) is 1.01. The van der Waals surface area contributed by atoms with Crippen molar-refractivity contribution in [1.82, 2.24) is 24.6 Å². The molecule has 1 saturated heterocycles.